The number of para-hydroxylation sites is 1. The largest absolute Gasteiger partial charge is 0.508 e. The first-order valence-corrected chi connectivity index (χ1v) is 8.41. The molecule has 26 heavy (non-hydrogen) atoms. The van der Waals surface area contributed by atoms with Crippen LogP contribution in [0.3, 0.4) is 0 Å². The molecule has 0 amide bonds. The topological polar surface area (TPSA) is 58.3 Å². The Kier molecular flexibility index (Phi) is 4.15. The second-order valence-corrected chi connectivity index (χ2v) is 6.12. The fourth-order valence-corrected chi connectivity index (χ4v) is 3.07. The lowest BCUT2D eigenvalue weighted by molar-refractivity contribution is 0.448. The lowest BCUT2D eigenvalue weighted by Crippen LogP contribution is -1.99. The molecule has 0 saturated carbocycles. The van der Waals surface area contributed by atoms with Gasteiger partial charge in [-0.25, -0.2) is 4.68 Å². The molecular formula is C22H18N2O2. The van der Waals surface area contributed by atoms with E-state index < -0.39 is 0 Å². The second kappa shape index (κ2) is 6.76. The van der Waals surface area contributed by atoms with E-state index in [1.54, 1.807) is 10.9 Å². The van der Waals surface area contributed by atoms with Gasteiger partial charge in [0, 0.05) is 18.1 Å². The van der Waals surface area contributed by atoms with E-state index in [-0.39, 0.29) is 11.5 Å². The summed E-state index contributed by atoms with van der Waals surface area (Å²) in [7, 11) is 0. The number of nitrogens with zero attached hydrogens (tertiary/aromatic N) is 2. The molecule has 0 bridgehead atoms. The summed E-state index contributed by atoms with van der Waals surface area (Å²) in [5, 5.41) is 25.1. The Morgan fingerprint density at radius 2 is 1.46 bits per heavy atom. The molecule has 4 heteroatoms. The van der Waals surface area contributed by atoms with Crippen LogP contribution < -0.4 is 0 Å². The van der Waals surface area contributed by atoms with Crippen molar-refractivity contribution in [3.05, 3.63) is 96.2 Å². The maximum atomic E-state index is 10.4. The zero-order valence-corrected chi connectivity index (χ0v) is 14.1. The standard InChI is InChI=1S/C22H18N2O2/c25-21-15-22(26)19(14-17(21)13-16-7-3-1-4-8-16)20-11-12-23-24(20)18-9-5-2-6-10-18/h1-12,14-15,25-26H,13H2. The number of aromatic nitrogens is 2. The normalized spacial score (nSPS) is 10.8. The van der Waals surface area contributed by atoms with Crippen molar-refractivity contribution in [3.63, 3.8) is 0 Å². The highest BCUT2D eigenvalue weighted by Crippen LogP contribution is 2.36. The van der Waals surface area contributed by atoms with Gasteiger partial charge in [0.15, 0.2) is 0 Å². The summed E-state index contributed by atoms with van der Waals surface area (Å²) in [6.07, 6.45) is 2.28. The molecule has 4 aromatic rings. The predicted octanol–water partition coefficient (Wildman–Crippen LogP) is 4.54. The molecule has 0 saturated heterocycles. The molecule has 0 spiro atoms. The molecule has 0 aliphatic carbocycles. The van der Waals surface area contributed by atoms with Crippen LogP contribution in [-0.2, 0) is 6.42 Å². The van der Waals surface area contributed by atoms with Crippen LogP contribution in [0.15, 0.2) is 85.1 Å². The van der Waals surface area contributed by atoms with Crippen LogP contribution in [-0.4, -0.2) is 20.0 Å². The van der Waals surface area contributed by atoms with Crippen LogP contribution in [0.1, 0.15) is 11.1 Å². The molecule has 128 valence electrons. The van der Waals surface area contributed by atoms with Crippen molar-refractivity contribution >= 4 is 0 Å². The van der Waals surface area contributed by atoms with E-state index in [0.29, 0.717) is 12.0 Å². The molecule has 3 aromatic carbocycles. The van der Waals surface area contributed by atoms with Crippen molar-refractivity contribution in [2.24, 2.45) is 0 Å². The molecule has 2 N–H and O–H groups in total. The highest BCUT2D eigenvalue weighted by molar-refractivity contribution is 5.71. The first-order chi connectivity index (χ1) is 12.7. The number of rotatable bonds is 4. The molecule has 0 unspecified atom stereocenters. The van der Waals surface area contributed by atoms with Crippen LogP contribution in [0, 0.1) is 0 Å². The summed E-state index contributed by atoms with van der Waals surface area (Å²) in [6, 6.07) is 24.8. The number of aromatic hydroxyl groups is 2. The minimum atomic E-state index is 0.0250. The van der Waals surface area contributed by atoms with Gasteiger partial charge in [-0.3, -0.25) is 0 Å². The number of hydrogen-bond acceptors (Lipinski definition) is 3. The van der Waals surface area contributed by atoms with Gasteiger partial charge in [0.25, 0.3) is 0 Å². The van der Waals surface area contributed by atoms with E-state index in [4.69, 9.17) is 0 Å². The molecule has 4 rings (SSSR count). The third kappa shape index (κ3) is 3.05. The van der Waals surface area contributed by atoms with E-state index in [1.807, 2.05) is 72.8 Å². The van der Waals surface area contributed by atoms with Crippen molar-refractivity contribution in [2.45, 2.75) is 6.42 Å². The fourth-order valence-electron chi connectivity index (χ4n) is 3.07. The number of hydrogen-bond donors (Lipinski definition) is 2. The van der Waals surface area contributed by atoms with Gasteiger partial charge < -0.3 is 10.2 Å². The highest BCUT2D eigenvalue weighted by atomic mass is 16.3. The Morgan fingerprint density at radius 1 is 0.769 bits per heavy atom. The van der Waals surface area contributed by atoms with Gasteiger partial charge in [0.05, 0.1) is 17.6 Å². The van der Waals surface area contributed by atoms with Crippen molar-refractivity contribution < 1.29 is 10.2 Å². The van der Waals surface area contributed by atoms with Crippen molar-refractivity contribution in [3.8, 4) is 28.4 Å². The maximum absolute atomic E-state index is 10.4. The van der Waals surface area contributed by atoms with E-state index in [1.165, 1.54) is 6.07 Å². The minimum absolute atomic E-state index is 0.0250. The fraction of sp³-hybridized carbons (Fsp3) is 0.0455. The van der Waals surface area contributed by atoms with Crippen molar-refractivity contribution in [2.75, 3.05) is 0 Å². The summed E-state index contributed by atoms with van der Waals surface area (Å²) >= 11 is 0. The Labute approximate surface area is 151 Å². The van der Waals surface area contributed by atoms with Crippen LogP contribution in [0.5, 0.6) is 11.5 Å². The highest BCUT2D eigenvalue weighted by Gasteiger charge is 2.15. The van der Waals surface area contributed by atoms with E-state index in [9.17, 15) is 10.2 Å². The average molecular weight is 342 g/mol. The van der Waals surface area contributed by atoms with Crippen LogP contribution in [0.4, 0.5) is 0 Å². The monoisotopic (exact) mass is 342 g/mol. The van der Waals surface area contributed by atoms with Gasteiger partial charge >= 0.3 is 0 Å². The zero-order chi connectivity index (χ0) is 17.9. The summed E-state index contributed by atoms with van der Waals surface area (Å²) in [5.41, 5.74) is 4.16. The first kappa shape index (κ1) is 16.0. The second-order valence-electron chi connectivity index (χ2n) is 6.12. The van der Waals surface area contributed by atoms with Gasteiger partial charge in [-0.1, -0.05) is 48.5 Å². The molecule has 0 aliphatic rings. The van der Waals surface area contributed by atoms with Gasteiger partial charge in [0.1, 0.15) is 11.5 Å². The third-order valence-electron chi connectivity index (χ3n) is 4.35. The van der Waals surface area contributed by atoms with Gasteiger partial charge in [-0.15, -0.1) is 0 Å². The third-order valence-corrected chi connectivity index (χ3v) is 4.35. The lowest BCUT2D eigenvalue weighted by Gasteiger charge is -2.12. The van der Waals surface area contributed by atoms with Crippen LogP contribution in [0.25, 0.3) is 16.9 Å². The Hall–Kier alpha value is -3.53. The molecule has 1 heterocycles. The number of phenols is 2. The van der Waals surface area contributed by atoms with Crippen LogP contribution in [0.2, 0.25) is 0 Å². The molecule has 0 aliphatic heterocycles. The summed E-state index contributed by atoms with van der Waals surface area (Å²) in [5.74, 6) is 0.109. The van der Waals surface area contributed by atoms with Gasteiger partial charge in [-0.05, 0) is 35.4 Å². The summed E-state index contributed by atoms with van der Waals surface area (Å²) in [4.78, 5) is 0. The minimum Gasteiger partial charge on any atom is -0.508 e. The molecule has 0 radical (unpaired) electrons. The number of benzene rings is 3. The lowest BCUT2D eigenvalue weighted by atomic mass is 9.99. The van der Waals surface area contributed by atoms with E-state index in [0.717, 1.165) is 22.5 Å². The Balaban J connectivity index is 1.79. The maximum Gasteiger partial charge on any atom is 0.128 e. The first-order valence-electron chi connectivity index (χ1n) is 8.41. The molecule has 4 nitrogen and oxygen atoms in total. The summed E-state index contributed by atoms with van der Waals surface area (Å²) < 4.78 is 1.78. The smallest absolute Gasteiger partial charge is 0.128 e. The quantitative estimate of drug-likeness (QED) is 0.572. The molecule has 1 aromatic heterocycles. The zero-order valence-electron chi connectivity index (χ0n) is 14.1. The average Bonchev–Trinajstić information content (AvgIpc) is 3.15. The molecule has 0 fully saturated rings. The Bertz CT molecular complexity index is 1020. The van der Waals surface area contributed by atoms with Gasteiger partial charge in [-0.2, -0.15) is 5.10 Å². The van der Waals surface area contributed by atoms with Gasteiger partial charge in [0.2, 0.25) is 0 Å². The van der Waals surface area contributed by atoms with Crippen molar-refractivity contribution in [1.82, 2.24) is 9.78 Å². The van der Waals surface area contributed by atoms with Crippen LogP contribution >= 0.6 is 0 Å². The summed E-state index contributed by atoms with van der Waals surface area (Å²) in [6.45, 7) is 0. The molecular weight excluding hydrogens is 324 g/mol. The van der Waals surface area contributed by atoms with Crippen molar-refractivity contribution in [1.29, 1.82) is 0 Å². The number of phenolic OH excluding ortho intramolecular Hbond substituents is 2. The van der Waals surface area contributed by atoms with E-state index in [2.05, 4.69) is 5.10 Å². The predicted molar refractivity (Wildman–Crippen MR) is 102 cm³/mol. The van der Waals surface area contributed by atoms with E-state index >= 15 is 0 Å². The SMILES string of the molecule is Oc1cc(O)c(-c2ccnn2-c2ccccc2)cc1Cc1ccccc1. The molecule has 0 atom stereocenters. The Morgan fingerprint density at radius 3 is 2.19 bits per heavy atom.